The van der Waals surface area contributed by atoms with Crippen molar-refractivity contribution in [1.82, 2.24) is 10.0 Å². The smallest absolute Gasteiger partial charge is 0.251 e. The molecule has 0 aliphatic rings. The Morgan fingerprint density at radius 2 is 1.47 bits per heavy atom. The van der Waals surface area contributed by atoms with Gasteiger partial charge in [0.15, 0.2) is 0 Å². The van der Waals surface area contributed by atoms with E-state index in [1.807, 2.05) is 31.2 Å². The molecule has 0 fully saturated rings. The molecule has 3 aromatic rings. The lowest BCUT2D eigenvalue weighted by molar-refractivity contribution is 0.0954. The number of hydrogen-bond acceptors (Lipinski definition) is 3. The Balaban J connectivity index is 1.50. The van der Waals surface area contributed by atoms with Crippen molar-refractivity contribution in [1.29, 1.82) is 0 Å². The fourth-order valence-corrected chi connectivity index (χ4v) is 3.97. The average Bonchev–Trinajstić information content (AvgIpc) is 2.74. The predicted octanol–water partition coefficient (Wildman–Crippen LogP) is 4.10. The van der Waals surface area contributed by atoms with Crippen LogP contribution in [0.4, 0.5) is 0 Å². The van der Waals surface area contributed by atoms with Crippen molar-refractivity contribution in [3.8, 4) is 0 Å². The summed E-state index contributed by atoms with van der Waals surface area (Å²) in [5, 5.41) is 3.56. The summed E-state index contributed by atoms with van der Waals surface area (Å²) in [6.07, 6.45) is 0.710. The Morgan fingerprint density at radius 1 is 0.867 bits per heavy atom. The molecule has 0 spiro atoms. The molecule has 1 amide bonds. The van der Waals surface area contributed by atoms with Gasteiger partial charge in [-0.25, -0.2) is 13.1 Å². The lowest BCUT2D eigenvalue weighted by atomic mass is 10.1. The van der Waals surface area contributed by atoms with Crippen LogP contribution in [0, 0.1) is 6.92 Å². The van der Waals surface area contributed by atoms with E-state index in [0.29, 0.717) is 23.6 Å². The van der Waals surface area contributed by atoms with Crippen molar-refractivity contribution < 1.29 is 13.2 Å². The largest absolute Gasteiger partial charge is 0.352 e. The van der Waals surface area contributed by atoms with Gasteiger partial charge in [0.25, 0.3) is 5.91 Å². The fourth-order valence-electron chi connectivity index (χ4n) is 2.83. The first kappa shape index (κ1) is 22.0. The predicted molar refractivity (Wildman–Crippen MR) is 119 cm³/mol. The molecular weight excluding hydrogens is 420 g/mol. The van der Waals surface area contributed by atoms with E-state index < -0.39 is 10.0 Å². The molecule has 3 aromatic carbocycles. The highest BCUT2D eigenvalue weighted by molar-refractivity contribution is 7.89. The van der Waals surface area contributed by atoms with E-state index in [0.717, 1.165) is 16.7 Å². The number of amides is 1. The molecule has 5 nitrogen and oxygen atoms in total. The van der Waals surface area contributed by atoms with Crippen LogP contribution in [0.3, 0.4) is 0 Å². The molecule has 0 aliphatic heterocycles. The van der Waals surface area contributed by atoms with E-state index in [1.165, 1.54) is 0 Å². The molecule has 0 saturated carbocycles. The summed E-state index contributed by atoms with van der Waals surface area (Å²) < 4.78 is 27.3. The Bertz CT molecular complexity index is 1090. The molecule has 0 atom stereocenters. The highest BCUT2D eigenvalue weighted by Crippen LogP contribution is 2.12. The summed E-state index contributed by atoms with van der Waals surface area (Å²) >= 11 is 5.87. The molecule has 0 aromatic heterocycles. The minimum Gasteiger partial charge on any atom is -0.352 e. The van der Waals surface area contributed by atoms with Crippen molar-refractivity contribution in [2.24, 2.45) is 0 Å². The van der Waals surface area contributed by atoms with E-state index in [1.54, 1.807) is 48.5 Å². The molecule has 0 saturated heterocycles. The van der Waals surface area contributed by atoms with Crippen LogP contribution >= 0.6 is 11.6 Å². The maximum absolute atomic E-state index is 12.4. The zero-order chi connectivity index (χ0) is 21.6. The van der Waals surface area contributed by atoms with Gasteiger partial charge in [0.2, 0.25) is 10.0 Å². The summed E-state index contributed by atoms with van der Waals surface area (Å²) in [5.74, 6) is -0.171. The van der Waals surface area contributed by atoms with Gasteiger partial charge < -0.3 is 5.32 Å². The van der Waals surface area contributed by atoms with Gasteiger partial charge in [-0.3, -0.25) is 4.79 Å². The molecule has 2 N–H and O–H groups in total. The van der Waals surface area contributed by atoms with Crippen molar-refractivity contribution in [3.05, 3.63) is 100 Å². The number of sulfonamides is 1. The molecular formula is C23H23ClN2O3S. The monoisotopic (exact) mass is 442 g/mol. The van der Waals surface area contributed by atoms with Gasteiger partial charge in [-0.05, 0) is 60.9 Å². The molecule has 156 valence electrons. The van der Waals surface area contributed by atoms with Crippen LogP contribution in [-0.2, 0) is 23.0 Å². The highest BCUT2D eigenvalue weighted by atomic mass is 35.5. The van der Waals surface area contributed by atoms with Crippen LogP contribution in [0.15, 0.2) is 77.7 Å². The maximum Gasteiger partial charge on any atom is 0.251 e. The average molecular weight is 443 g/mol. The van der Waals surface area contributed by atoms with Gasteiger partial charge in [-0.2, -0.15) is 0 Å². The van der Waals surface area contributed by atoms with E-state index in [-0.39, 0.29) is 17.3 Å². The van der Waals surface area contributed by atoms with Crippen molar-refractivity contribution >= 4 is 27.5 Å². The fraction of sp³-hybridized carbons (Fsp3) is 0.174. The minimum absolute atomic E-state index is 0.147. The zero-order valence-electron chi connectivity index (χ0n) is 16.6. The van der Waals surface area contributed by atoms with Crippen LogP contribution in [0.1, 0.15) is 27.0 Å². The topological polar surface area (TPSA) is 75.3 Å². The highest BCUT2D eigenvalue weighted by Gasteiger charge is 2.13. The van der Waals surface area contributed by atoms with Crippen LogP contribution in [0.2, 0.25) is 5.02 Å². The SMILES string of the molecule is Cc1ccc(S(=O)(=O)NCc2ccc(C(=O)NCCc3ccc(Cl)cc3)cc2)cc1. The Hall–Kier alpha value is -2.67. The van der Waals surface area contributed by atoms with Crippen LogP contribution in [0.25, 0.3) is 0 Å². The molecule has 0 aliphatic carbocycles. The van der Waals surface area contributed by atoms with Crippen molar-refractivity contribution in [2.45, 2.75) is 24.8 Å². The van der Waals surface area contributed by atoms with Crippen molar-refractivity contribution in [2.75, 3.05) is 6.54 Å². The lowest BCUT2D eigenvalue weighted by Gasteiger charge is -2.09. The van der Waals surface area contributed by atoms with Crippen molar-refractivity contribution in [3.63, 3.8) is 0 Å². The van der Waals surface area contributed by atoms with Crippen LogP contribution in [-0.4, -0.2) is 20.9 Å². The third-order valence-electron chi connectivity index (χ3n) is 4.63. The number of halogens is 1. The van der Waals surface area contributed by atoms with Gasteiger partial charge in [0, 0.05) is 23.7 Å². The first-order valence-corrected chi connectivity index (χ1v) is 11.4. The molecule has 0 radical (unpaired) electrons. The summed E-state index contributed by atoms with van der Waals surface area (Å²) in [5.41, 5.74) is 3.38. The first-order valence-electron chi connectivity index (χ1n) is 9.51. The van der Waals surface area contributed by atoms with E-state index in [4.69, 9.17) is 11.6 Å². The number of aryl methyl sites for hydroxylation is 1. The van der Waals surface area contributed by atoms with E-state index >= 15 is 0 Å². The minimum atomic E-state index is -3.58. The van der Waals surface area contributed by atoms with Gasteiger partial charge in [0.1, 0.15) is 0 Å². The molecule has 0 bridgehead atoms. The summed E-state index contributed by atoms with van der Waals surface area (Å²) in [7, 11) is -3.58. The maximum atomic E-state index is 12.4. The number of rotatable bonds is 8. The Morgan fingerprint density at radius 3 is 2.10 bits per heavy atom. The molecule has 30 heavy (non-hydrogen) atoms. The number of carbonyl (C=O) groups is 1. The summed E-state index contributed by atoms with van der Waals surface area (Å²) in [6, 6.07) is 21.0. The standard InChI is InChI=1S/C23H23ClN2O3S/c1-17-2-12-22(13-3-17)30(28,29)26-16-19-4-8-20(9-5-19)23(27)25-15-14-18-6-10-21(24)11-7-18/h2-13,26H,14-16H2,1H3,(H,25,27). The van der Waals surface area contributed by atoms with Gasteiger partial charge in [-0.15, -0.1) is 0 Å². The second-order valence-corrected chi connectivity index (χ2v) is 9.17. The summed E-state index contributed by atoms with van der Waals surface area (Å²) in [4.78, 5) is 12.5. The quantitative estimate of drug-likeness (QED) is 0.551. The van der Waals surface area contributed by atoms with Crippen LogP contribution in [0.5, 0.6) is 0 Å². The van der Waals surface area contributed by atoms with Gasteiger partial charge in [-0.1, -0.05) is 53.6 Å². The second-order valence-electron chi connectivity index (χ2n) is 6.97. The third kappa shape index (κ3) is 6.16. The number of benzene rings is 3. The lowest BCUT2D eigenvalue weighted by Crippen LogP contribution is -2.26. The van der Waals surface area contributed by atoms with Gasteiger partial charge >= 0.3 is 0 Å². The zero-order valence-corrected chi connectivity index (χ0v) is 18.1. The second kappa shape index (κ2) is 9.89. The summed E-state index contributed by atoms with van der Waals surface area (Å²) in [6.45, 7) is 2.56. The molecule has 7 heteroatoms. The van der Waals surface area contributed by atoms with Gasteiger partial charge in [0.05, 0.1) is 4.90 Å². The normalized spacial score (nSPS) is 11.3. The number of carbonyl (C=O) groups excluding carboxylic acids is 1. The Kier molecular flexibility index (Phi) is 7.26. The third-order valence-corrected chi connectivity index (χ3v) is 6.30. The first-order chi connectivity index (χ1) is 14.3. The number of hydrogen-bond donors (Lipinski definition) is 2. The molecule has 3 rings (SSSR count). The molecule has 0 unspecified atom stereocenters. The van der Waals surface area contributed by atoms with E-state index in [2.05, 4.69) is 10.0 Å². The molecule has 0 heterocycles. The Labute approximate surface area is 182 Å². The number of nitrogens with one attached hydrogen (secondary N) is 2. The van der Waals surface area contributed by atoms with Crippen LogP contribution < -0.4 is 10.0 Å². The van der Waals surface area contributed by atoms with E-state index in [9.17, 15) is 13.2 Å².